The zero-order chi connectivity index (χ0) is 76.7. The van der Waals surface area contributed by atoms with Crippen LogP contribution in [-0.4, -0.2) is 54.1 Å². The maximum Gasteiger partial charge on any atom is 0.343 e. The molecule has 0 radical (unpaired) electrons. The molecule has 0 aliphatic heterocycles. The standard InChI is InChI=1S/C23H24N4O4.C23H22N4O3.C20H19N3O3.C8H6.C7H4.C5H4/c1-2-24-23(29)27-26-22(28)19-13-20(30-15-17-9-5-3-6-10-17)21(14-25-19)31-16-18-11-7-4-8-12-18;1-2-27-22(25-26-23(27)28)19-13-20(29-15-17-9-5-3-6-10-17)21(14-24-19)30-16-18-11-7-4-8-12-18;21-23-20(24)17-11-18(25-13-15-7-3-1-4-8-15)19(12-22-17)26-14-16-9-5-2-6-10-16;1-3-5-7-8-6-4-2;1-3-5-7-6-4-2;1-3-5-4-2/h3-14H,2,15-16H2,1H3,(H,26,28)(H2,24,27,29);3-14H,2,15-16H2,1H3,(H,26,28);1-12H,13-14,21H2,(H,23,24);1-2H3;1H,2H3;1H,2H3. The number of nitrogens with one attached hydrogen (secondary N) is 5. The number of carbonyl (C=O) groups excluding carboxylic acids is 3. The Bertz CT molecular complexity index is 4930. The van der Waals surface area contributed by atoms with Crippen molar-refractivity contribution in [1.82, 2.24) is 51.3 Å². The van der Waals surface area contributed by atoms with Gasteiger partial charge in [-0.15, -0.1) is 12.8 Å². The number of hydrogen-bond acceptors (Lipinski definition) is 15. The number of benzene rings is 6. The third kappa shape index (κ3) is 32.1. The minimum atomic E-state index is -0.578. The molecule has 0 fully saturated rings. The van der Waals surface area contributed by atoms with Crippen LogP contribution in [0, 0.1) is 95.7 Å². The predicted molar refractivity (Wildman–Crippen MR) is 413 cm³/mol. The van der Waals surface area contributed by atoms with E-state index in [1.54, 1.807) is 46.9 Å². The highest BCUT2D eigenvalue weighted by Gasteiger charge is 2.18. The number of ether oxygens (including phenoxy) is 6. The summed E-state index contributed by atoms with van der Waals surface area (Å²) in [5.41, 5.74) is 13.2. The Balaban J connectivity index is 0.000000255. The van der Waals surface area contributed by atoms with Crippen LogP contribution in [-0.2, 0) is 46.2 Å². The largest absolute Gasteiger partial charge is 0.485 e. The Morgan fingerprint density at radius 3 is 1.07 bits per heavy atom. The first-order valence-corrected chi connectivity index (χ1v) is 33.0. The fraction of sp³-hybridized carbons (Fsp3) is 0.163. The van der Waals surface area contributed by atoms with Crippen molar-refractivity contribution in [2.75, 3.05) is 6.54 Å². The number of terminal acetylenes is 2. The minimum Gasteiger partial charge on any atom is -0.485 e. The number of H-pyrrole nitrogens is 1. The highest BCUT2D eigenvalue weighted by atomic mass is 16.5. The Morgan fingerprint density at radius 1 is 0.430 bits per heavy atom. The van der Waals surface area contributed by atoms with E-state index in [0.29, 0.717) is 98.7 Å². The van der Waals surface area contributed by atoms with Crippen molar-refractivity contribution < 1.29 is 42.8 Å². The van der Waals surface area contributed by atoms with Gasteiger partial charge in [-0.3, -0.25) is 25.0 Å². The third-order valence-electron chi connectivity index (χ3n) is 13.4. The Kier molecular flexibility index (Phi) is 39.1. The van der Waals surface area contributed by atoms with Gasteiger partial charge in [0.1, 0.15) is 56.7 Å². The van der Waals surface area contributed by atoms with Crippen LogP contribution in [0.5, 0.6) is 34.5 Å². The first-order valence-electron chi connectivity index (χ1n) is 33.0. The second-order valence-electron chi connectivity index (χ2n) is 21.0. The van der Waals surface area contributed by atoms with Crippen LogP contribution >= 0.6 is 0 Å². The second kappa shape index (κ2) is 50.5. The lowest BCUT2D eigenvalue weighted by molar-refractivity contribution is 0.0928. The van der Waals surface area contributed by atoms with Crippen LogP contribution in [0.15, 0.2) is 224 Å². The molecule has 7 N–H and O–H groups in total. The summed E-state index contributed by atoms with van der Waals surface area (Å²) in [6.07, 6.45) is 14.0. The number of aromatic nitrogens is 6. The number of carbonyl (C=O) groups is 3. The number of hydrogen-bond donors (Lipinski definition) is 6. The smallest absolute Gasteiger partial charge is 0.343 e. The molecule has 10 rings (SSSR count). The SMILES string of the molecule is C#CC#CC.C#CC#CC#CC.CC#CC#CC#CC.CCNC(=O)NNC(=O)c1cc(OCc2ccccc2)c(OCc2ccccc2)cn1.CCn1c(-c2cc(OCc3ccccc3)c(OCc3ccccc3)cn2)n[nH]c1=O.NNC(=O)c1cc(OCc2ccccc2)c(OCc2ccccc2)cn1. The van der Waals surface area contributed by atoms with Crippen LogP contribution in [0.4, 0.5) is 4.79 Å². The number of aromatic amines is 1. The molecule has 4 amide bonds. The van der Waals surface area contributed by atoms with Crippen LogP contribution in [0.25, 0.3) is 11.5 Å². The van der Waals surface area contributed by atoms with Gasteiger partial charge in [0.05, 0.1) is 18.6 Å². The van der Waals surface area contributed by atoms with Gasteiger partial charge >= 0.3 is 11.7 Å². The van der Waals surface area contributed by atoms with E-state index in [9.17, 15) is 19.2 Å². The van der Waals surface area contributed by atoms with E-state index in [2.05, 4.69) is 130 Å². The third-order valence-corrected chi connectivity index (χ3v) is 13.4. The minimum absolute atomic E-state index is 0.0759. The lowest BCUT2D eigenvalue weighted by Crippen LogP contribution is -2.47. The molecule has 10 aromatic rings. The van der Waals surface area contributed by atoms with Crippen LogP contribution in [0.2, 0.25) is 0 Å². The molecule has 6 aromatic carbocycles. The van der Waals surface area contributed by atoms with Gasteiger partial charge < -0.3 is 33.7 Å². The molecule has 4 aromatic heterocycles. The van der Waals surface area contributed by atoms with E-state index in [4.69, 9.17) is 47.1 Å². The van der Waals surface area contributed by atoms with Gasteiger partial charge in [0.25, 0.3) is 11.8 Å². The van der Waals surface area contributed by atoms with Gasteiger partial charge in [0, 0.05) is 31.3 Å². The maximum atomic E-state index is 12.4. The number of urea groups is 1. The van der Waals surface area contributed by atoms with Crippen molar-refractivity contribution in [1.29, 1.82) is 0 Å². The number of rotatable bonds is 23. The summed E-state index contributed by atoms with van der Waals surface area (Å²) >= 11 is 0. The number of nitrogens with zero attached hydrogens (tertiary/aromatic N) is 5. The molecular weight excluding hydrogens is 1350 g/mol. The Morgan fingerprint density at radius 2 is 0.757 bits per heavy atom. The van der Waals surface area contributed by atoms with Gasteiger partial charge in [-0.05, 0) is 134 Å². The normalized spacial score (nSPS) is 9.06. The predicted octanol–water partition coefficient (Wildman–Crippen LogP) is 12.2. The molecule has 0 atom stereocenters. The lowest BCUT2D eigenvalue weighted by atomic mass is 10.2. The van der Waals surface area contributed by atoms with Crippen LogP contribution in [0.3, 0.4) is 0 Å². The fourth-order valence-corrected chi connectivity index (χ4v) is 8.37. The number of hydrazine groups is 2. The van der Waals surface area contributed by atoms with Crippen molar-refractivity contribution in [3.05, 3.63) is 274 Å². The molecular formula is C86H79N11O10. The number of pyridine rings is 3. The van der Waals surface area contributed by atoms with Gasteiger partial charge in [-0.25, -0.2) is 40.9 Å². The molecule has 0 saturated heterocycles. The zero-order valence-corrected chi connectivity index (χ0v) is 60.0. The molecule has 538 valence electrons. The summed E-state index contributed by atoms with van der Waals surface area (Å²) in [5.74, 6) is 41.9. The highest BCUT2D eigenvalue weighted by molar-refractivity contribution is 5.94. The summed E-state index contributed by atoms with van der Waals surface area (Å²) in [6, 6.07) is 62.8. The highest BCUT2D eigenvalue weighted by Crippen LogP contribution is 2.33. The first-order chi connectivity index (χ1) is 52.4. The van der Waals surface area contributed by atoms with Gasteiger partial charge in [-0.1, -0.05) is 206 Å². The van der Waals surface area contributed by atoms with Crippen molar-refractivity contribution >= 4 is 17.8 Å². The average molecular weight is 1430 g/mol. The average Bonchev–Trinajstić information content (AvgIpc) is 1.79. The topological polar surface area (TPSA) is 270 Å². The number of nitrogens with two attached hydrogens (primary N) is 1. The Labute approximate surface area is 624 Å². The summed E-state index contributed by atoms with van der Waals surface area (Å²) in [7, 11) is 0. The summed E-state index contributed by atoms with van der Waals surface area (Å²) in [5, 5.41) is 9.09. The van der Waals surface area contributed by atoms with Crippen molar-refractivity contribution in [2.24, 2.45) is 5.84 Å². The van der Waals surface area contributed by atoms with Gasteiger partial charge in [0.2, 0.25) is 0 Å². The van der Waals surface area contributed by atoms with E-state index >= 15 is 0 Å². The van der Waals surface area contributed by atoms with Crippen LogP contribution < -0.4 is 61.5 Å². The fourth-order valence-electron chi connectivity index (χ4n) is 8.37. The van der Waals surface area contributed by atoms with E-state index in [1.165, 1.54) is 29.1 Å². The van der Waals surface area contributed by atoms with E-state index in [1.807, 2.05) is 189 Å². The Hall–Kier alpha value is -14.8. The number of amides is 4. The second-order valence-corrected chi connectivity index (χ2v) is 21.0. The van der Waals surface area contributed by atoms with Crippen molar-refractivity contribution in [3.63, 3.8) is 0 Å². The van der Waals surface area contributed by atoms with E-state index in [-0.39, 0.29) is 17.1 Å². The molecule has 4 heterocycles. The molecule has 0 saturated carbocycles. The molecule has 0 spiro atoms. The maximum absolute atomic E-state index is 12.4. The van der Waals surface area contributed by atoms with E-state index in [0.717, 1.165) is 33.4 Å². The molecule has 107 heavy (non-hydrogen) atoms. The molecule has 21 heteroatoms. The molecule has 21 nitrogen and oxygen atoms in total. The van der Waals surface area contributed by atoms with Crippen molar-refractivity contribution in [3.8, 4) is 142 Å². The van der Waals surface area contributed by atoms with Gasteiger partial charge in [-0.2, -0.15) is 5.10 Å². The first kappa shape index (κ1) is 82.8. The molecule has 0 unspecified atom stereocenters. The monoisotopic (exact) mass is 1430 g/mol. The van der Waals surface area contributed by atoms with E-state index < -0.39 is 17.8 Å². The molecule has 0 aliphatic carbocycles. The zero-order valence-electron chi connectivity index (χ0n) is 60.0. The molecule has 0 bridgehead atoms. The summed E-state index contributed by atoms with van der Waals surface area (Å²) < 4.78 is 37.1. The van der Waals surface area contributed by atoms with Crippen LogP contribution in [0.1, 0.15) is 95.9 Å². The quantitative estimate of drug-likeness (QED) is 0.0150. The lowest BCUT2D eigenvalue weighted by Gasteiger charge is -2.14. The summed E-state index contributed by atoms with van der Waals surface area (Å²) in [4.78, 5) is 60.2. The van der Waals surface area contributed by atoms with Gasteiger partial charge in [0.15, 0.2) is 40.3 Å². The molecule has 0 aliphatic rings. The summed E-state index contributed by atoms with van der Waals surface area (Å²) in [6.45, 7) is 13.6. The van der Waals surface area contributed by atoms with Crippen molar-refractivity contribution in [2.45, 2.75) is 87.7 Å². The number of nitrogen functional groups attached to an aromatic ring is 1.